The highest BCUT2D eigenvalue weighted by Gasteiger charge is 2.26. The molecule has 0 radical (unpaired) electrons. The summed E-state index contributed by atoms with van der Waals surface area (Å²) < 4.78 is 12.0. The van der Waals surface area contributed by atoms with Crippen LogP contribution in [0.4, 0.5) is 0 Å². The van der Waals surface area contributed by atoms with Crippen LogP contribution in [0.15, 0.2) is 23.0 Å². The molecule has 1 heterocycles. The number of benzene rings is 1. The van der Waals surface area contributed by atoms with E-state index in [9.17, 15) is 9.59 Å². The minimum atomic E-state index is -0.214. The third-order valence-corrected chi connectivity index (χ3v) is 5.63. The maximum Gasteiger partial charge on any atom is 0.267 e. The van der Waals surface area contributed by atoms with E-state index in [1.165, 1.54) is 4.68 Å². The Kier molecular flexibility index (Phi) is 5.07. The van der Waals surface area contributed by atoms with Crippen molar-refractivity contribution in [2.75, 3.05) is 14.2 Å². The SMILES string of the molecule is COc1cc2c(cc1OC)C(NC(=O)Cn1nc3c(cc1=O)CCCC3)CC2. The van der Waals surface area contributed by atoms with Gasteiger partial charge in [-0.2, -0.15) is 5.10 Å². The van der Waals surface area contributed by atoms with E-state index in [1.54, 1.807) is 20.3 Å². The van der Waals surface area contributed by atoms with E-state index < -0.39 is 0 Å². The van der Waals surface area contributed by atoms with Gasteiger partial charge in [-0.05, 0) is 67.3 Å². The summed E-state index contributed by atoms with van der Waals surface area (Å²) in [5.74, 6) is 1.13. The summed E-state index contributed by atoms with van der Waals surface area (Å²) in [6.07, 6.45) is 5.60. The Morgan fingerprint density at radius 1 is 1.11 bits per heavy atom. The molecule has 0 saturated heterocycles. The highest BCUT2D eigenvalue weighted by Crippen LogP contribution is 2.39. The fraction of sp³-hybridized carbons (Fsp3) is 0.476. The molecule has 0 spiro atoms. The lowest BCUT2D eigenvalue weighted by molar-refractivity contribution is -0.122. The zero-order valence-electron chi connectivity index (χ0n) is 16.3. The van der Waals surface area contributed by atoms with Gasteiger partial charge in [0.1, 0.15) is 6.54 Å². The predicted octanol–water partition coefficient (Wildman–Crippen LogP) is 1.94. The molecular formula is C21H25N3O4. The molecule has 148 valence electrons. The van der Waals surface area contributed by atoms with Crippen molar-refractivity contribution in [3.8, 4) is 11.5 Å². The van der Waals surface area contributed by atoms with Gasteiger partial charge in [-0.3, -0.25) is 9.59 Å². The van der Waals surface area contributed by atoms with Gasteiger partial charge >= 0.3 is 0 Å². The van der Waals surface area contributed by atoms with Crippen LogP contribution in [0, 0.1) is 0 Å². The molecule has 7 heteroatoms. The Morgan fingerprint density at radius 3 is 2.64 bits per heavy atom. The van der Waals surface area contributed by atoms with Crippen LogP contribution >= 0.6 is 0 Å². The summed E-state index contributed by atoms with van der Waals surface area (Å²) >= 11 is 0. The number of nitrogens with one attached hydrogen (secondary N) is 1. The van der Waals surface area contributed by atoms with Crippen molar-refractivity contribution in [1.82, 2.24) is 15.1 Å². The number of hydrogen-bond acceptors (Lipinski definition) is 5. The molecule has 1 unspecified atom stereocenters. The van der Waals surface area contributed by atoms with Gasteiger partial charge in [0.25, 0.3) is 5.56 Å². The lowest BCUT2D eigenvalue weighted by Crippen LogP contribution is -2.36. The van der Waals surface area contributed by atoms with Gasteiger partial charge in [0.2, 0.25) is 5.91 Å². The molecule has 0 aliphatic heterocycles. The van der Waals surface area contributed by atoms with Crippen molar-refractivity contribution in [3.05, 3.63) is 50.9 Å². The predicted molar refractivity (Wildman–Crippen MR) is 104 cm³/mol. The molecule has 0 fully saturated rings. The number of carbonyl (C=O) groups excluding carboxylic acids is 1. The average molecular weight is 383 g/mol. The number of fused-ring (bicyclic) bond motifs is 2. The van der Waals surface area contributed by atoms with E-state index in [0.29, 0.717) is 11.5 Å². The van der Waals surface area contributed by atoms with Crippen LogP contribution in [0.25, 0.3) is 0 Å². The second-order valence-electron chi connectivity index (χ2n) is 7.38. The molecule has 4 rings (SSSR count). The highest BCUT2D eigenvalue weighted by molar-refractivity contribution is 5.76. The van der Waals surface area contributed by atoms with Crippen LogP contribution in [0.3, 0.4) is 0 Å². The fourth-order valence-corrected chi connectivity index (χ4v) is 4.17. The van der Waals surface area contributed by atoms with Gasteiger partial charge in [0.05, 0.1) is 26.0 Å². The Labute approximate surface area is 163 Å². The van der Waals surface area contributed by atoms with Crippen LogP contribution in [0.2, 0.25) is 0 Å². The number of aromatic nitrogens is 2. The van der Waals surface area contributed by atoms with Crippen LogP contribution in [-0.2, 0) is 30.6 Å². The number of carbonyl (C=O) groups is 1. The number of hydrogen-bond donors (Lipinski definition) is 1. The summed E-state index contributed by atoms with van der Waals surface area (Å²) in [6.45, 7) is -0.0642. The second kappa shape index (κ2) is 7.66. The number of amides is 1. The molecule has 1 aromatic carbocycles. The molecule has 1 atom stereocenters. The second-order valence-corrected chi connectivity index (χ2v) is 7.38. The van der Waals surface area contributed by atoms with E-state index in [2.05, 4.69) is 10.4 Å². The molecule has 1 aromatic heterocycles. The topological polar surface area (TPSA) is 82.4 Å². The molecule has 2 aromatic rings. The number of nitrogens with zero attached hydrogens (tertiary/aromatic N) is 2. The van der Waals surface area contributed by atoms with Gasteiger partial charge in [-0.1, -0.05) is 0 Å². The van der Waals surface area contributed by atoms with Crippen LogP contribution in [0.5, 0.6) is 11.5 Å². The maximum absolute atomic E-state index is 12.6. The molecule has 0 bridgehead atoms. The lowest BCUT2D eigenvalue weighted by Gasteiger charge is -2.18. The van der Waals surface area contributed by atoms with Crippen molar-refractivity contribution in [2.45, 2.75) is 51.1 Å². The fourth-order valence-electron chi connectivity index (χ4n) is 4.17. The molecule has 2 aliphatic carbocycles. The molecule has 1 N–H and O–H groups in total. The first-order chi connectivity index (χ1) is 13.6. The first-order valence-corrected chi connectivity index (χ1v) is 9.73. The first-order valence-electron chi connectivity index (χ1n) is 9.73. The summed E-state index contributed by atoms with van der Waals surface area (Å²) in [6, 6.07) is 5.43. The Balaban J connectivity index is 1.50. The standard InChI is InChI=1S/C21H25N3O4/c1-27-18-9-13-7-8-17(15(13)11-19(18)28-2)22-20(25)12-24-21(26)10-14-5-3-4-6-16(14)23-24/h9-11,17H,3-8,12H2,1-2H3,(H,22,25). The zero-order valence-corrected chi connectivity index (χ0v) is 16.3. The van der Waals surface area contributed by atoms with E-state index in [0.717, 1.165) is 60.9 Å². The summed E-state index contributed by atoms with van der Waals surface area (Å²) in [5.41, 5.74) is 3.94. The van der Waals surface area contributed by atoms with Gasteiger partial charge < -0.3 is 14.8 Å². The van der Waals surface area contributed by atoms with Crippen molar-refractivity contribution >= 4 is 5.91 Å². The van der Waals surface area contributed by atoms with Gasteiger partial charge in [0.15, 0.2) is 11.5 Å². The van der Waals surface area contributed by atoms with E-state index in [4.69, 9.17) is 9.47 Å². The third-order valence-electron chi connectivity index (χ3n) is 5.63. The Hall–Kier alpha value is -2.83. The molecule has 0 saturated carbocycles. The Morgan fingerprint density at radius 2 is 1.86 bits per heavy atom. The quantitative estimate of drug-likeness (QED) is 0.853. The number of methoxy groups -OCH3 is 2. The summed E-state index contributed by atoms with van der Waals surface area (Å²) in [4.78, 5) is 24.9. The normalized spacial score (nSPS) is 17.6. The largest absolute Gasteiger partial charge is 0.493 e. The monoisotopic (exact) mass is 383 g/mol. The average Bonchev–Trinajstić information content (AvgIpc) is 3.08. The molecular weight excluding hydrogens is 358 g/mol. The van der Waals surface area contributed by atoms with E-state index >= 15 is 0 Å². The number of aryl methyl sites for hydroxylation is 3. The number of rotatable bonds is 5. The van der Waals surface area contributed by atoms with Gasteiger partial charge in [-0.25, -0.2) is 4.68 Å². The Bertz CT molecular complexity index is 967. The smallest absolute Gasteiger partial charge is 0.267 e. The zero-order chi connectivity index (χ0) is 19.7. The minimum Gasteiger partial charge on any atom is -0.493 e. The summed E-state index contributed by atoms with van der Waals surface area (Å²) in [7, 11) is 3.21. The van der Waals surface area contributed by atoms with Crippen LogP contribution < -0.4 is 20.3 Å². The van der Waals surface area contributed by atoms with E-state index in [1.807, 2.05) is 12.1 Å². The van der Waals surface area contributed by atoms with E-state index in [-0.39, 0.29) is 24.1 Å². The summed E-state index contributed by atoms with van der Waals surface area (Å²) in [5, 5.41) is 7.47. The lowest BCUT2D eigenvalue weighted by atomic mass is 9.97. The highest BCUT2D eigenvalue weighted by atomic mass is 16.5. The van der Waals surface area contributed by atoms with Crippen molar-refractivity contribution in [2.24, 2.45) is 0 Å². The van der Waals surface area contributed by atoms with Gasteiger partial charge in [0, 0.05) is 6.07 Å². The molecule has 2 aliphatic rings. The number of ether oxygens (including phenoxy) is 2. The van der Waals surface area contributed by atoms with Crippen LogP contribution in [0.1, 0.15) is 47.7 Å². The van der Waals surface area contributed by atoms with Crippen molar-refractivity contribution < 1.29 is 14.3 Å². The molecule has 7 nitrogen and oxygen atoms in total. The van der Waals surface area contributed by atoms with Crippen molar-refractivity contribution in [1.29, 1.82) is 0 Å². The minimum absolute atomic E-state index is 0.0642. The van der Waals surface area contributed by atoms with Gasteiger partial charge in [-0.15, -0.1) is 0 Å². The maximum atomic E-state index is 12.6. The molecule has 28 heavy (non-hydrogen) atoms. The third kappa shape index (κ3) is 3.48. The van der Waals surface area contributed by atoms with Crippen LogP contribution in [-0.4, -0.2) is 29.9 Å². The molecule has 1 amide bonds. The van der Waals surface area contributed by atoms with Crippen molar-refractivity contribution in [3.63, 3.8) is 0 Å². The first kappa shape index (κ1) is 18.5.